The molecular weight excluding hydrogens is 152 g/mol. The van der Waals surface area contributed by atoms with Crippen LogP contribution in [-0.4, -0.2) is 18.6 Å². The van der Waals surface area contributed by atoms with Gasteiger partial charge in [0.2, 0.25) is 0 Å². The second-order valence-corrected chi connectivity index (χ2v) is 2.91. The van der Waals surface area contributed by atoms with E-state index in [1.165, 1.54) is 6.42 Å². The summed E-state index contributed by atoms with van der Waals surface area (Å²) in [6.07, 6.45) is 5.17. The van der Waals surface area contributed by atoms with Crippen molar-refractivity contribution in [2.75, 3.05) is 13.6 Å². The third-order valence-corrected chi connectivity index (χ3v) is 1.77. The van der Waals surface area contributed by atoms with Gasteiger partial charge in [0.05, 0.1) is 6.20 Å². The number of rotatable bonds is 5. The summed E-state index contributed by atoms with van der Waals surface area (Å²) >= 11 is 0. The molecule has 0 spiro atoms. The van der Waals surface area contributed by atoms with Gasteiger partial charge in [0.15, 0.2) is 5.89 Å². The number of nitrogens with one attached hydrogen (secondary N) is 1. The molecule has 12 heavy (non-hydrogen) atoms. The molecule has 0 atom stereocenters. The minimum Gasteiger partial charge on any atom is -0.446 e. The molecule has 1 rings (SSSR count). The Balaban J connectivity index is 2.15. The van der Waals surface area contributed by atoms with Crippen LogP contribution < -0.4 is 5.32 Å². The van der Waals surface area contributed by atoms with Crippen LogP contribution in [0.2, 0.25) is 0 Å². The van der Waals surface area contributed by atoms with E-state index in [-0.39, 0.29) is 0 Å². The largest absolute Gasteiger partial charge is 0.446 e. The maximum Gasteiger partial charge on any atom is 0.191 e. The predicted octanol–water partition coefficient (Wildman–Crippen LogP) is 1.53. The van der Waals surface area contributed by atoms with Crippen molar-refractivity contribution in [2.45, 2.75) is 26.2 Å². The summed E-state index contributed by atoms with van der Waals surface area (Å²) in [5, 5.41) is 3.11. The molecule has 1 N–H and O–H groups in total. The van der Waals surface area contributed by atoms with E-state index >= 15 is 0 Å². The second kappa shape index (κ2) is 4.93. The van der Waals surface area contributed by atoms with Gasteiger partial charge in [-0.2, -0.15) is 0 Å². The molecule has 0 aliphatic carbocycles. The maximum atomic E-state index is 5.33. The lowest BCUT2D eigenvalue weighted by molar-refractivity contribution is 0.465. The van der Waals surface area contributed by atoms with Crippen LogP contribution in [0.3, 0.4) is 0 Å². The van der Waals surface area contributed by atoms with Gasteiger partial charge in [-0.3, -0.25) is 0 Å². The fourth-order valence-electron chi connectivity index (χ4n) is 1.12. The van der Waals surface area contributed by atoms with Crippen LogP contribution >= 0.6 is 0 Å². The van der Waals surface area contributed by atoms with Crippen LogP contribution in [0.25, 0.3) is 0 Å². The standard InChI is InChI=1S/C9H16N2O/c1-8-11-7-9(12-8)5-3-4-6-10-2/h7,10H,3-6H2,1-2H3. The Hall–Kier alpha value is -0.830. The van der Waals surface area contributed by atoms with Crippen molar-refractivity contribution < 1.29 is 4.42 Å². The average molecular weight is 168 g/mol. The molecule has 1 heterocycles. The van der Waals surface area contributed by atoms with Gasteiger partial charge in [-0.15, -0.1) is 0 Å². The van der Waals surface area contributed by atoms with E-state index in [2.05, 4.69) is 10.3 Å². The normalized spacial score (nSPS) is 10.5. The first-order valence-corrected chi connectivity index (χ1v) is 4.39. The topological polar surface area (TPSA) is 38.1 Å². The van der Waals surface area contributed by atoms with Crippen molar-refractivity contribution in [2.24, 2.45) is 0 Å². The Morgan fingerprint density at radius 2 is 2.33 bits per heavy atom. The molecule has 0 radical (unpaired) electrons. The van der Waals surface area contributed by atoms with Crippen LogP contribution in [0.5, 0.6) is 0 Å². The van der Waals surface area contributed by atoms with Gasteiger partial charge in [0.1, 0.15) is 5.76 Å². The van der Waals surface area contributed by atoms with E-state index in [4.69, 9.17) is 4.42 Å². The van der Waals surface area contributed by atoms with E-state index in [0.717, 1.165) is 31.0 Å². The van der Waals surface area contributed by atoms with Crippen LogP contribution in [0.15, 0.2) is 10.6 Å². The van der Waals surface area contributed by atoms with Gasteiger partial charge in [-0.25, -0.2) is 4.98 Å². The maximum absolute atomic E-state index is 5.33. The van der Waals surface area contributed by atoms with Crippen LogP contribution in [0.4, 0.5) is 0 Å². The summed E-state index contributed by atoms with van der Waals surface area (Å²) in [5.41, 5.74) is 0. The first kappa shape index (κ1) is 9.26. The molecule has 0 saturated heterocycles. The van der Waals surface area contributed by atoms with Gasteiger partial charge in [0, 0.05) is 13.3 Å². The second-order valence-electron chi connectivity index (χ2n) is 2.91. The molecule has 0 aliphatic heterocycles. The van der Waals surface area contributed by atoms with Crippen LogP contribution in [0.1, 0.15) is 24.5 Å². The SMILES string of the molecule is CNCCCCc1cnc(C)o1. The number of aromatic nitrogens is 1. The highest BCUT2D eigenvalue weighted by atomic mass is 16.3. The smallest absolute Gasteiger partial charge is 0.191 e. The number of hydrogen-bond donors (Lipinski definition) is 1. The summed E-state index contributed by atoms with van der Waals surface area (Å²) < 4.78 is 5.33. The number of oxazole rings is 1. The first-order chi connectivity index (χ1) is 5.83. The lowest BCUT2D eigenvalue weighted by Crippen LogP contribution is -2.07. The minimum absolute atomic E-state index is 0.763. The monoisotopic (exact) mass is 168 g/mol. The molecule has 1 aromatic heterocycles. The Kier molecular flexibility index (Phi) is 3.80. The summed E-state index contributed by atoms with van der Waals surface area (Å²) in [5.74, 6) is 1.77. The van der Waals surface area contributed by atoms with Crippen molar-refractivity contribution in [1.29, 1.82) is 0 Å². The van der Waals surface area contributed by atoms with Gasteiger partial charge in [0.25, 0.3) is 0 Å². The average Bonchev–Trinajstić information content (AvgIpc) is 2.45. The molecule has 68 valence electrons. The molecule has 1 aromatic rings. The van der Waals surface area contributed by atoms with Crippen molar-refractivity contribution in [3.05, 3.63) is 17.8 Å². The van der Waals surface area contributed by atoms with Crippen LogP contribution in [-0.2, 0) is 6.42 Å². The summed E-state index contributed by atoms with van der Waals surface area (Å²) in [6, 6.07) is 0. The molecular formula is C9H16N2O. The zero-order chi connectivity index (χ0) is 8.81. The van der Waals surface area contributed by atoms with E-state index in [9.17, 15) is 0 Å². The zero-order valence-corrected chi connectivity index (χ0v) is 7.76. The number of unbranched alkanes of at least 4 members (excludes halogenated alkanes) is 1. The summed E-state index contributed by atoms with van der Waals surface area (Å²) in [4.78, 5) is 4.03. The number of aryl methyl sites for hydroxylation is 2. The quantitative estimate of drug-likeness (QED) is 0.677. The molecule has 0 saturated carbocycles. The number of nitrogens with zero attached hydrogens (tertiary/aromatic N) is 1. The van der Waals surface area contributed by atoms with Gasteiger partial charge in [-0.1, -0.05) is 0 Å². The third kappa shape index (κ3) is 3.05. The van der Waals surface area contributed by atoms with Crippen molar-refractivity contribution in [1.82, 2.24) is 10.3 Å². The van der Waals surface area contributed by atoms with E-state index in [0.29, 0.717) is 0 Å². The highest BCUT2D eigenvalue weighted by Gasteiger charge is 1.98. The predicted molar refractivity (Wildman–Crippen MR) is 48.1 cm³/mol. The molecule has 0 amide bonds. The van der Waals surface area contributed by atoms with Gasteiger partial charge in [-0.05, 0) is 26.4 Å². The molecule has 3 nitrogen and oxygen atoms in total. The highest BCUT2D eigenvalue weighted by molar-refractivity contribution is 4.92. The fourth-order valence-corrected chi connectivity index (χ4v) is 1.12. The Morgan fingerprint density at radius 1 is 1.50 bits per heavy atom. The molecule has 0 unspecified atom stereocenters. The summed E-state index contributed by atoms with van der Waals surface area (Å²) in [6.45, 7) is 2.95. The number of hydrogen-bond acceptors (Lipinski definition) is 3. The lowest BCUT2D eigenvalue weighted by atomic mass is 10.2. The van der Waals surface area contributed by atoms with E-state index in [1.807, 2.05) is 20.2 Å². The molecule has 0 aliphatic rings. The highest BCUT2D eigenvalue weighted by Crippen LogP contribution is 2.05. The van der Waals surface area contributed by atoms with E-state index < -0.39 is 0 Å². The molecule has 0 aromatic carbocycles. The Morgan fingerprint density at radius 3 is 2.92 bits per heavy atom. The minimum atomic E-state index is 0.763. The Bertz CT molecular complexity index is 220. The van der Waals surface area contributed by atoms with E-state index in [1.54, 1.807) is 0 Å². The first-order valence-electron chi connectivity index (χ1n) is 4.39. The lowest BCUT2D eigenvalue weighted by Gasteiger charge is -1.96. The molecule has 3 heteroatoms. The van der Waals surface area contributed by atoms with Crippen LogP contribution in [0, 0.1) is 6.92 Å². The van der Waals surface area contributed by atoms with Gasteiger partial charge >= 0.3 is 0 Å². The third-order valence-electron chi connectivity index (χ3n) is 1.77. The van der Waals surface area contributed by atoms with Gasteiger partial charge < -0.3 is 9.73 Å². The van der Waals surface area contributed by atoms with Crippen molar-refractivity contribution in [3.63, 3.8) is 0 Å². The van der Waals surface area contributed by atoms with Crippen molar-refractivity contribution in [3.8, 4) is 0 Å². The van der Waals surface area contributed by atoms with Crippen molar-refractivity contribution >= 4 is 0 Å². The molecule has 0 bridgehead atoms. The Labute approximate surface area is 73.2 Å². The summed E-state index contributed by atoms with van der Waals surface area (Å²) in [7, 11) is 1.97. The fraction of sp³-hybridized carbons (Fsp3) is 0.667. The molecule has 0 fully saturated rings. The zero-order valence-electron chi connectivity index (χ0n) is 7.76.